The van der Waals surface area contributed by atoms with Crippen molar-refractivity contribution in [3.05, 3.63) is 87.0 Å². The molecule has 4 heterocycles. The molecule has 0 unspecified atom stereocenters. The molecule has 2 aliphatic rings. The van der Waals surface area contributed by atoms with E-state index in [4.69, 9.17) is 20.2 Å². The van der Waals surface area contributed by atoms with Crippen LogP contribution < -0.4 is 26.4 Å². The van der Waals surface area contributed by atoms with Crippen LogP contribution in [0.2, 0.25) is 0 Å². The number of carbonyl (C=O) groups is 6. The number of Topliss-reactive ketones (excluding diaryl/α,β-unsaturated/α-hetero) is 2. The van der Waals surface area contributed by atoms with E-state index in [0.717, 1.165) is 73.2 Å². The molecule has 0 saturated carbocycles. The Hall–Kier alpha value is -5.94. The number of thiazole rings is 1. The number of likely N-dealkylation sites (tertiary alicyclic amines) is 1. The Morgan fingerprint density at radius 1 is 0.852 bits per heavy atom. The Balaban J connectivity index is 0.918. The lowest BCUT2D eigenvalue weighted by molar-refractivity contribution is -0.145. The van der Waals surface area contributed by atoms with E-state index in [0.29, 0.717) is 93.5 Å². The second-order valence-electron chi connectivity index (χ2n) is 23.8. The summed E-state index contributed by atoms with van der Waals surface area (Å²) in [5, 5.41) is 21.5. The van der Waals surface area contributed by atoms with Crippen LogP contribution in [0.25, 0.3) is 0 Å². The van der Waals surface area contributed by atoms with E-state index in [1.165, 1.54) is 11.3 Å². The Kier molecular flexibility index (Phi) is 30.1. The number of piperidine rings is 1. The third kappa shape index (κ3) is 22.8. The second-order valence-corrected chi connectivity index (χ2v) is 27.4. The monoisotopic (exact) mass is 1270 g/mol. The second kappa shape index (κ2) is 37.3. The van der Waals surface area contributed by atoms with Crippen molar-refractivity contribution in [2.45, 2.75) is 189 Å². The van der Waals surface area contributed by atoms with Gasteiger partial charge in [0.25, 0.3) is 5.91 Å². The molecule has 88 heavy (non-hydrogen) atoms. The summed E-state index contributed by atoms with van der Waals surface area (Å²) in [6, 6.07) is 13.8. The number of amides is 4. The number of hydrogen-bond acceptors (Lipinski definition) is 18. The summed E-state index contributed by atoms with van der Waals surface area (Å²) in [5.41, 5.74) is 10.2. The van der Waals surface area contributed by atoms with E-state index >= 15 is 0 Å². The van der Waals surface area contributed by atoms with Crippen LogP contribution in [0.1, 0.15) is 182 Å². The number of nitrogens with one attached hydrogen (secondary N) is 3. The van der Waals surface area contributed by atoms with Crippen molar-refractivity contribution in [2.75, 3.05) is 50.5 Å². The van der Waals surface area contributed by atoms with Gasteiger partial charge in [0, 0.05) is 112 Å². The molecule has 482 valence electrons. The van der Waals surface area contributed by atoms with Crippen LogP contribution in [-0.4, -0.2) is 134 Å². The minimum atomic E-state index is -0.481. The lowest BCUT2D eigenvalue weighted by Crippen LogP contribution is -2.50. The van der Waals surface area contributed by atoms with Gasteiger partial charge >= 0.3 is 0 Å². The third-order valence-corrected chi connectivity index (χ3v) is 19.9. The van der Waals surface area contributed by atoms with Crippen molar-refractivity contribution < 1.29 is 43.3 Å². The predicted octanol–water partition coefficient (Wildman–Crippen LogP) is 11.0. The van der Waals surface area contributed by atoms with Gasteiger partial charge in [0.1, 0.15) is 40.6 Å². The highest BCUT2D eigenvalue weighted by Gasteiger charge is 2.39. The molecule has 0 radical (unpaired) electrons. The molecule has 22 heteroatoms. The number of likely N-dealkylation sites (N-methyl/N-ethyl adjacent to an activating group) is 1. The van der Waals surface area contributed by atoms with E-state index in [2.05, 4.69) is 70.4 Å². The summed E-state index contributed by atoms with van der Waals surface area (Å²) in [4.78, 5) is 103. The first-order valence-electron chi connectivity index (χ1n) is 31.8. The molecule has 7 atom stereocenters. The number of aromatic nitrogens is 3. The third-order valence-electron chi connectivity index (χ3n) is 16.5. The molecule has 0 spiro atoms. The number of ketones is 2. The number of nitrogen functional groups attached to an aromatic ring is 1. The molecule has 2 aliphatic heterocycles. The zero-order chi connectivity index (χ0) is 63.5. The SMILES string of the molecule is CCCO[C@H](C[C@H](C(C)C)N(CCC)C(=O)[C@@H](CC(=O)[C@H]1CCCCN1C)[C@@H](C)CC)c1nc(C(=O)N[C@@H](Cc2ccc(O)cc2)C[C@H](C)C(=O)CCCSSCCNC(=O)CCCC(=O)NCc2ccc(COc3nc(N)nc4c3N=CC4)cc2)cs1. The summed E-state index contributed by atoms with van der Waals surface area (Å²) in [6.07, 6.45) is 10.7. The molecule has 4 amide bonds. The number of ether oxygens (including phenoxy) is 2. The fourth-order valence-corrected chi connectivity index (χ4v) is 14.0. The van der Waals surface area contributed by atoms with Crippen LogP contribution in [0.3, 0.4) is 0 Å². The van der Waals surface area contributed by atoms with Crippen LogP contribution in [0, 0.1) is 23.7 Å². The number of rotatable bonds is 40. The number of nitrogens with zero attached hydrogens (tertiary/aromatic N) is 6. The fourth-order valence-electron chi connectivity index (χ4n) is 11.2. The van der Waals surface area contributed by atoms with Gasteiger partial charge in [-0.2, -0.15) is 4.98 Å². The number of hydrogen-bond donors (Lipinski definition) is 5. The van der Waals surface area contributed by atoms with E-state index < -0.39 is 18.1 Å². The molecular weight excluding hydrogens is 1170 g/mol. The van der Waals surface area contributed by atoms with Crippen molar-refractivity contribution in [3.63, 3.8) is 0 Å². The molecule has 2 aromatic heterocycles. The quantitative estimate of drug-likeness (QED) is 0.0205. The molecule has 0 bridgehead atoms. The van der Waals surface area contributed by atoms with Crippen LogP contribution in [0.4, 0.5) is 11.6 Å². The molecule has 6 rings (SSSR count). The van der Waals surface area contributed by atoms with Gasteiger partial charge in [-0.05, 0) is 106 Å². The normalized spacial score (nSPS) is 16.0. The Morgan fingerprint density at radius 2 is 1.57 bits per heavy atom. The zero-order valence-electron chi connectivity index (χ0n) is 53.1. The molecular formula is C66H96N10O9S3. The number of nitrogens with two attached hydrogens (primary N) is 1. The summed E-state index contributed by atoms with van der Waals surface area (Å²) in [6.45, 7) is 17.5. The van der Waals surface area contributed by atoms with Gasteiger partial charge in [-0.25, -0.2) is 9.97 Å². The van der Waals surface area contributed by atoms with Crippen molar-refractivity contribution in [1.82, 2.24) is 40.7 Å². The van der Waals surface area contributed by atoms with Crippen LogP contribution in [0.5, 0.6) is 11.6 Å². The summed E-state index contributed by atoms with van der Waals surface area (Å²) in [5.74, 6) is 1.13. The van der Waals surface area contributed by atoms with Crippen molar-refractivity contribution in [1.29, 1.82) is 0 Å². The number of anilines is 1. The molecule has 19 nitrogen and oxygen atoms in total. The van der Waals surface area contributed by atoms with Gasteiger partial charge < -0.3 is 41.2 Å². The number of aromatic hydroxyl groups is 1. The first kappa shape index (κ1) is 71.1. The van der Waals surface area contributed by atoms with Crippen molar-refractivity contribution in [2.24, 2.45) is 28.7 Å². The molecule has 2 aromatic carbocycles. The summed E-state index contributed by atoms with van der Waals surface area (Å²) >= 11 is 1.37. The van der Waals surface area contributed by atoms with Crippen molar-refractivity contribution >= 4 is 86.0 Å². The number of fused-ring (bicyclic) bond motifs is 1. The zero-order valence-corrected chi connectivity index (χ0v) is 55.5. The Morgan fingerprint density at radius 3 is 2.27 bits per heavy atom. The van der Waals surface area contributed by atoms with Crippen LogP contribution in [0.15, 0.2) is 58.9 Å². The maximum absolute atomic E-state index is 14.9. The number of benzene rings is 2. The molecule has 4 aromatic rings. The minimum Gasteiger partial charge on any atom is -0.508 e. The Bertz CT molecular complexity index is 2890. The summed E-state index contributed by atoms with van der Waals surface area (Å²) < 4.78 is 12.4. The lowest BCUT2D eigenvalue weighted by Gasteiger charge is -2.40. The molecule has 0 aliphatic carbocycles. The first-order valence-corrected chi connectivity index (χ1v) is 35.1. The number of aliphatic imine (C=N–C) groups is 1. The highest BCUT2D eigenvalue weighted by Crippen LogP contribution is 2.35. The van der Waals surface area contributed by atoms with E-state index in [-0.39, 0.29) is 108 Å². The van der Waals surface area contributed by atoms with Crippen LogP contribution in [-0.2, 0) is 54.7 Å². The highest BCUT2D eigenvalue weighted by molar-refractivity contribution is 8.76. The average molecular weight is 1270 g/mol. The van der Waals surface area contributed by atoms with Gasteiger partial charge in [-0.1, -0.05) is 119 Å². The van der Waals surface area contributed by atoms with Crippen LogP contribution >= 0.6 is 32.9 Å². The largest absolute Gasteiger partial charge is 0.508 e. The van der Waals surface area contributed by atoms with Gasteiger partial charge in [0.05, 0.1) is 11.7 Å². The van der Waals surface area contributed by atoms with Gasteiger partial charge in [-0.15, -0.1) is 11.3 Å². The van der Waals surface area contributed by atoms with Gasteiger partial charge in [0.2, 0.25) is 29.5 Å². The molecule has 6 N–H and O–H groups in total. The first-order chi connectivity index (χ1) is 42.4. The topological polar surface area (TPSA) is 261 Å². The lowest BCUT2D eigenvalue weighted by atomic mass is 9.82. The predicted molar refractivity (Wildman–Crippen MR) is 353 cm³/mol. The van der Waals surface area contributed by atoms with E-state index in [9.17, 15) is 33.9 Å². The van der Waals surface area contributed by atoms with Gasteiger partial charge in [-0.3, -0.25) is 38.7 Å². The maximum atomic E-state index is 14.9. The molecule has 1 saturated heterocycles. The Labute approximate surface area is 533 Å². The standard InChI is InChI=1S/C66H96N10O9S3/c1-9-31-76(65(83)51(44(6)11-3)38-57(79)54-16-12-13-32-75(54)8)55(43(4)5)39-58(84-33-10-2)64-72-53(42-86-64)62(82)71-49(37-46-24-26-50(77)27-25-46)36-45(7)56(78)17-15-34-87-88-35-30-68-59(80)18-14-19-60(81)70-40-47-20-22-48(23-21-47)41-85-63-61-52(28-29-69-61)73-66(67)74-63/h20-27,29,42-45,49,51,54-55,58,77H,9-19,28,30-41H2,1-8H3,(H,68,80)(H,70,81)(H,71,82)(H2,67,73,74)/t44-,45-,49+,51-,54+,55+,58+/m0/s1. The average Bonchev–Trinajstić information content (AvgIpc) is 4.42. The number of phenols is 1. The maximum Gasteiger partial charge on any atom is 0.270 e. The van der Waals surface area contributed by atoms with Gasteiger partial charge in [0.15, 0.2) is 5.78 Å². The number of carbonyl (C=O) groups excluding carboxylic acids is 6. The number of phenolic OH excluding ortho intramolecular Hbond substituents is 1. The molecule has 1 fully saturated rings. The minimum absolute atomic E-state index is 0.0243. The highest BCUT2D eigenvalue weighted by atomic mass is 33.1. The fraction of sp³-hybridized carbons (Fsp3) is 0.606. The van der Waals surface area contributed by atoms with Crippen molar-refractivity contribution in [3.8, 4) is 11.6 Å². The summed E-state index contributed by atoms with van der Waals surface area (Å²) in [7, 11) is 5.31. The smallest absolute Gasteiger partial charge is 0.270 e. The van der Waals surface area contributed by atoms with E-state index in [1.54, 1.807) is 45.3 Å². The van der Waals surface area contributed by atoms with E-state index in [1.807, 2.05) is 62.2 Å².